The van der Waals surface area contributed by atoms with Crippen molar-refractivity contribution in [3.8, 4) is 44.5 Å². The van der Waals surface area contributed by atoms with Crippen LogP contribution >= 0.6 is 0 Å². The minimum absolute atomic E-state index is 0.0218. The van der Waals surface area contributed by atoms with Crippen LogP contribution in [0, 0.1) is 0 Å². The molecular formula is C59H53N. The van der Waals surface area contributed by atoms with E-state index in [4.69, 9.17) is 0 Å². The summed E-state index contributed by atoms with van der Waals surface area (Å²) in [7, 11) is 0. The summed E-state index contributed by atoms with van der Waals surface area (Å²) >= 11 is 0. The largest absolute Gasteiger partial charge is 0.310 e. The summed E-state index contributed by atoms with van der Waals surface area (Å²) in [5, 5.41) is 2.49. The number of anilines is 3. The highest BCUT2D eigenvalue weighted by Crippen LogP contribution is 2.57. The quantitative estimate of drug-likeness (QED) is 0.172. The van der Waals surface area contributed by atoms with Crippen LogP contribution in [0.1, 0.15) is 101 Å². The highest BCUT2D eigenvalue weighted by atomic mass is 15.1. The Bertz CT molecular complexity index is 3110. The lowest BCUT2D eigenvalue weighted by atomic mass is 9.79. The number of nitrogens with zero attached hydrogens (tertiary/aromatic N) is 1. The van der Waals surface area contributed by atoms with Crippen molar-refractivity contribution < 1.29 is 0 Å². The van der Waals surface area contributed by atoms with Gasteiger partial charge in [0.2, 0.25) is 0 Å². The van der Waals surface area contributed by atoms with Crippen LogP contribution < -0.4 is 4.90 Å². The van der Waals surface area contributed by atoms with E-state index in [1.54, 1.807) is 0 Å². The molecule has 294 valence electrons. The van der Waals surface area contributed by atoms with Crippen molar-refractivity contribution in [2.45, 2.75) is 84.0 Å². The molecule has 8 aromatic carbocycles. The van der Waals surface area contributed by atoms with Crippen molar-refractivity contribution in [1.29, 1.82) is 0 Å². The summed E-state index contributed by atoms with van der Waals surface area (Å²) in [6, 6.07) is 60.4. The van der Waals surface area contributed by atoms with Gasteiger partial charge in [0.1, 0.15) is 0 Å². The standard InChI is InChI=1S/C59H53N/c1-56(2,3)49-23-16-24-50-55(49)44-30-27-39(35-52(44)59(50,8)9)60(38-28-31-48-45(34-38)42-20-13-15-22-47(42)57(48,4)5)53-32-26-36-17-10-11-18-40(36)54(53)37-25-29-43-41-19-12-14-21-46(41)58(6,7)51(43)33-37/h10-35H,1-9H3. The molecule has 0 aromatic heterocycles. The summed E-state index contributed by atoms with van der Waals surface area (Å²) < 4.78 is 0. The van der Waals surface area contributed by atoms with Gasteiger partial charge in [-0.1, -0.05) is 184 Å². The van der Waals surface area contributed by atoms with Gasteiger partial charge in [0.25, 0.3) is 0 Å². The molecule has 0 amide bonds. The first-order valence-corrected chi connectivity index (χ1v) is 21.8. The lowest BCUT2D eigenvalue weighted by molar-refractivity contribution is 0.589. The van der Waals surface area contributed by atoms with Crippen molar-refractivity contribution in [2.24, 2.45) is 0 Å². The van der Waals surface area contributed by atoms with E-state index in [1.807, 2.05) is 0 Å². The molecule has 0 fully saturated rings. The molecule has 0 saturated heterocycles. The van der Waals surface area contributed by atoms with Gasteiger partial charge in [-0.25, -0.2) is 0 Å². The molecule has 0 bridgehead atoms. The van der Waals surface area contributed by atoms with E-state index in [0.717, 1.165) is 5.69 Å². The van der Waals surface area contributed by atoms with Gasteiger partial charge in [0, 0.05) is 33.2 Å². The van der Waals surface area contributed by atoms with E-state index in [-0.39, 0.29) is 21.7 Å². The van der Waals surface area contributed by atoms with Gasteiger partial charge in [-0.2, -0.15) is 0 Å². The molecule has 60 heavy (non-hydrogen) atoms. The summed E-state index contributed by atoms with van der Waals surface area (Å²) in [5.41, 5.74) is 23.5. The maximum Gasteiger partial charge on any atom is 0.0546 e. The molecule has 0 spiro atoms. The second-order valence-electron chi connectivity index (χ2n) is 20.2. The summed E-state index contributed by atoms with van der Waals surface area (Å²) in [6.45, 7) is 21.4. The first kappa shape index (κ1) is 36.9. The van der Waals surface area contributed by atoms with Crippen LogP contribution in [0.5, 0.6) is 0 Å². The number of rotatable bonds is 4. The van der Waals surface area contributed by atoms with Gasteiger partial charge in [-0.15, -0.1) is 0 Å². The molecule has 3 aliphatic rings. The molecular weight excluding hydrogens is 723 g/mol. The Hall–Kier alpha value is -6.18. The van der Waals surface area contributed by atoms with Crippen molar-refractivity contribution >= 4 is 27.8 Å². The van der Waals surface area contributed by atoms with E-state index in [9.17, 15) is 0 Å². The third kappa shape index (κ3) is 5.05. The van der Waals surface area contributed by atoms with Crippen molar-refractivity contribution in [3.05, 3.63) is 197 Å². The van der Waals surface area contributed by atoms with Gasteiger partial charge in [0.05, 0.1) is 5.69 Å². The number of hydrogen-bond donors (Lipinski definition) is 0. The minimum Gasteiger partial charge on any atom is -0.310 e. The Morgan fingerprint density at radius 2 is 0.933 bits per heavy atom. The molecule has 0 aliphatic heterocycles. The molecule has 1 nitrogen and oxygen atoms in total. The van der Waals surface area contributed by atoms with Gasteiger partial charge in [0.15, 0.2) is 0 Å². The first-order valence-electron chi connectivity index (χ1n) is 21.8. The highest BCUT2D eigenvalue weighted by Gasteiger charge is 2.40. The Morgan fingerprint density at radius 1 is 0.383 bits per heavy atom. The predicted molar refractivity (Wildman–Crippen MR) is 255 cm³/mol. The van der Waals surface area contributed by atoms with E-state index >= 15 is 0 Å². The second kappa shape index (κ2) is 12.4. The van der Waals surface area contributed by atoms with Gasteiger partial charge >= 0.3 is 0 Å². The third-order valence-electron chi connectivity index (χ3n) is 14.6. The molecule has 8 aromatic rings. The van der Waals surface area contributed by atoms with Crippen LogP contribution in [0.3, 0.4) is 0 Å². The average molecular weight is 776 g/mol. The SMILES string of the molecule is CC(C)(C)c1cccc2c1-c1ccc(N(c3ccc4c(c3)-c3ccccc3C4(C)C)c3ccc4ccccc4c3-c3ccc4c(c3)C(C)(C)c3ccccc3-4)cc1C2(C)C. The Kier molecular flexibility index (Phi) is 7.64. The predicted octanol–water partition coefficient (Wildman–Crippen LogP) is 16.2. The zero-order valence-electron chi connectivity index (χ0n) is 36.5. The van der Waals surface area contributed by atoms with Gasteiger partial charge < -0.3 is 4.90 Å². The maximum absolute atomic E-state index is 2.56. The van der Waals surface area contributed by atoms with Crippen LogP contribution in [0.2, 0.25) is 0 Å². The zero-order chi connectivity index (χ0) is 41.5. The van der Waals surface area contributed by atoms with E-state index in [2.05, 4.69) is 225 Å². The van der Waals surface area contributed by atoms with Crippen molar-refractivity contribution in [3.63, 3.8) is 0 Å². The summed E-state index contributed by atoms with van der Waals surface area (Å²) in [4.78, 5) is 2.56. The lowest BCUT2D eigenvalue weighted by Crippen LogP contribution is -2.18. The molecule has 3 aliphatic carbocycles. The number of fused-ring (bicyclic) bond motifs is 10. The number of hydrogen-bond acceptors (Lipinski definition) is 1. The molecule has 0 N–H and O–H groups in total. The van der Waals surface area contributed by atoms with Gasteiger partial charge in [-0.05, 0) is 130 Å². The lowest BCUT2D eigenvalue weighted by Gasteiger charge is -2.31. The van der Waals surface area contributed by atoms with E-state index in [1.165, 1.54) is 106 Å². The topological polar surface area (TPSA) is 3.24 Å². The maximum atomic E-state index is 2.56. The van der Waals surface area contributed by atoms with Crippen LogP contribution in [0.15, 0.2) is 158 Å². The molecule has 11 rings (SSSR count). The second-order valence-corrected chi connectivity index (χ2v) is 20.2. The van der Waals surface area contributed by atoms with Crippen LogP contribution in [-0.4, -0.2) is 0 Å². The normalized spacial score (nSPS) is 15.8. The van der Waals surface area contributed by atoms with Crippen LogP contribution in [-0.2, 0) is 21.7 Å². The first-order chi connectivity index (χ1) is 28.7. The Morgan fingerprint density at radius 3 is 1.68 bits per heavy atom. The smallest absolute Gasteiger partial charge is 0.0546 e. The fourth-order valence-electron chi connectivity index (χ4n) is 11.4. The Labute approximate surface area is 356 Å². The van der Waals surface area contributed by atoms with Gasteiger partial charge in [-0.3, -0.25) is 0 Å². The van der Waals surface area contributed by atoms with E-state index < -0.39 is 0 Å². The fourth-order valence-corrected chi connectivity index (χ4v) is 11.4. The third-order valence-corrected chi connectivity index (χ3v) is 14.6. The summed E-state index contributed by atoms with van der Waals surface area (Å²) in [5.74, 6) is 0. The summed E-state index contributed by atoms with van der Waals surface area (Å²) in [6.07, 6.45) is 0. The minimum atomic E-state index is -0.165. The molecule has 0 saturated carbocycles. The average Bonchev–Trinajstić information content (AvgIpc) is 3.72. The highest BCUT2D eigenvalue weighted by molar-refractivity contribution is 6.06. The monoisotopic (exact) mass is 775 g/mol. The number of benzene rings is 8. The molecule has 0 atom stereocenters. The molecule has 0 unspecified atom stereocenters. The molecule has 1 heteroatoms. The molecule has 0 heterocycles. The van der Waals surface area contributed by atoms with Crippen molar-refractivity contribution in [1.82, 2.24) is 0 Å². The Balaban J connectivity index is 1.19. The fraction of sp³-hybridized carbons (Fsp3) is 0.220. The van der Waals surface area contributed by atoms with Crippen molar-refractivity contribution in [2.75, 3.05) is 4.90 Å². The zero-order valence-corrected chi connectivity index (χ0v) is 36.5. The molecule has 0 radical (unpaired) electrons. The van der Waals surface area contributed by atoms with Crippen LogP contribution in [0.4, 0.5) is 17.1 Å². The van der Waals surface area contributed by atoms with Crippen LogP contribution in [0.25, 0.3) is 55.3 Å². The van der Waals surface area contributed by atoms with E-state index in [0.29, 0.717) is 0 Å².